The van der Waals surface area contributed by atoms with Gasteiger partial charge in [0.1, 0.15) is 19.0 Å². The van der Waals surface area contributed by atoms with Crippen molar-refractivity contribution < 1.29 is 19.0 Å². The molecule has 0 radical (unpaired) electrons. The Bertz CT molecular complexity index is 788. The molecule has 0 fully saturated rings. The monoisotopic (exact) mass is 369 g/mol. The average molecular weight is 369 g/mol. The Morgan fingerprint density at radius 2 is 1.89 bits per heavy atom. The lowest BCUT2D eigenvalue weighted by atomic mass is 10.1. The number of carbonyl (C=O) groups excluding carboxylic acids is 1. The summed E-state index contributed by atoms with van der Waals surface area (Å²) in [6.07, 6.45) is 4.10. The van der Waals surface area contributed by atoms with Gasteiger partial charge < -0.3 is 19.9 Å². The second-order valence-corrected chi connectivity index (χ2v) is 5.48. The van der Waals surface area contributed by atoms with Crippen molar-refractivity contribution in [3.63, 3.8) is 0 Å². The van der Waals surface area contributed by atoms with E-state index in [0.717, 1.165) is 17.5 Å². The van der Waals surface area contributed by atoms with Gasteiger partial charge in [-0.1, -0.05) is 12.1 Å². The number of primary amides is 1. The van der Waals surface area contributed by atoms with Gasteiger partial charge in [0.25, 0.3) is 0 Å². The third kappa shape index (κ3) is 6.74. The fourth-order valence-corrected chi connectivity index (χ4v) is 2.26. The summed E-state index contributed by atoms with van der Waals surface area (Å²) in [5.74, 6) is 2.05. The predicted molar refractivity (Wildman–Crippen MR) is 105 cm³/mol. The minimum absolute atomic E-state index is 0.378. The standard InChI is InChI=1S/C20H23N3O4/c1-3-4-15-7-10-18(19(13-15)25-2)27-12-11-26-17-8-5-16(6-9-17)14-22-23-20(21)24/h3,5-10,13-14H,1,4,11-12H2,2H3,(H3,21,23,24). The number of hydrogen-bond acceptors (Lipinski definition) is 5. The van der Waals surface area contributed by atoms with Crippen LogP contribution in [0.1, 0.15) is 11.1 Å². The van der Waals surface area contributed by atoms with Crippen molar-refractivity contribution in [1.82, 2.24) is 5.43 Å². The number of nitrogens with two attached hydrogens (primary N) is 1. The van der Waals surface area contributed by atoms with Crippen LogP contribution < -0.4 is 25.4 Å². The Morgan fingerprint density at radius 1 is 1.15 bits per heavy atom. The maximum Gasteiger partial charge on any atom is 0.332 e. The first-order valence-corrected chi connectivity index (χ1v) is 8.34. The number of amides is 2. The zero-order valence-corrected chi connectivity index (χ0v) is 15.2. The van der Waals surface area contributed by atoms with Gasteiger partial charge in [0, 0.05) is 0 Å². The molecule has 2 aromatic carbocycles. The number of benzene rings is 2. The first-order chi connectivity index (χ1) is 13.1. The van der Waals surface area contributed by atoms with Crippen LogP contribution in [0, 0.1) is 0 Å². The molecule has 0 atom stereocenters. The van der Waals surface area contributed by atoms with E-state index in [1.165, 1.54) is 6.21 Å². The number of hydrazone groups is 1. The van der Waals surface area contributed by atoms with Crippen LogP contribution in [0.4, 0.5) is 4.79 Å². The van der Waals surface area contributed by atoms with Crippen molar-refractivity contribution >= 4 is 12.2 Å². The summed E-state index contributed by atoms with van der Waals surface area (Å²) in [7, 11) is 1.61. The fourth-order valence-electron chi connectivity index (χ4n) is 2.26. The predicted octanol–water partition coefficient (Wildman–Crippen LogP) is 2.88. The summed E-state index contributed by atoms with van der Waals surface area (Å²) < 4.78 is 16.7. The number of nitrogens with zero attached hydrogens (tertiary/aromatic N) is 1. The average Bonchev–Trinajstić information content (AvgIpc) is 2.67. The number of urea groups is 1. The molecule has 2 aromatic rings. The molecule has 0 aliphatic carbocycles. The molecule has 27 heavy (non-hydrogen) atoms. The molecule has 2 rings (SSSR count). The van der Waals surface area contributed by atoms with E-state index in [9.17, 15) is 4.79 Å². The van der Waals surface area contributed by atoms with Crippen LogP contribution in [0.5, 0.6) is 17.2 Å². The van der Waals surface area contributed by atoms with Crippen LogP contribution in [0.2, 0.25) is 0 Å². The van der Waals surface area contributed by atoms with Crippen molar-refractivity contribution in [2.24, 2.45) is 10.8 Å². The molecule has 0 aromatic heterocycles. The SMILES string of the molecule is C=CCc1ccc(OCCOc2ccc(C=NNC(N)=O)cc2)c(OC)c1. The number of nitrogens with one attached hydrogen (secondary N) is 1. The summed E-state index contributed by atoms with van der Waals surface area (Å²) in [6, 6.07) is 12.3. The maximum absolute atomic E-state index is 10.5. The van der Waals surface area contributed by atoms with Gasteiger partial charge in [-0.2, -0.15) is 5.10 Å². The molecule has 0 spiro atoms. The van der Waals surface area contributed by atoms with Crippen molar-refractivity contribution in [2.45, 2.75) is 6.42 Å². The van der Waals surface area contributed by atoms with Gasteiger partial charge in [0.2, 0.25) is 0 Å². The molecule has 0 saturated carbocycles. The lowest BCUT2D eigenvalue weighted by Gasteiger charge is -2.12. The third-order valence-electron chi connectivity index (χ3n) is 3.49. The molecule has 3 N–H and O–H groups in total. The van der Waals surface area contributed by atoms with E-state index in [-0.39, 0.29) is 0 Å². The molecule has 0 saturated heterocycles. The normalized spacial score (nSPS) is 10.4. The maximum atomic E-state index is 10.5. The topological polar surface area (TPSA) is 95.2 Å². The fraction of sp³-hybridized carbons (Fsp3) is 0.200. The number of ether oxygens (including phenoxy) is 3. The Labute approximate surface area is 158 Å². The van der Waals surface area contributed by atoms with E-state index in [0.29, 0.717) is 30.5 Å². The van der Waals surface area contributed by atoms with Crippen LogP contribution in [-0.4, -0.2) is 32.6 Å². The molecule has 0 aliphatic heterocycles. The number of methoxy groups -OCH3 is 1. The van der Waals surface area contributed by atoms with Gasteiger partial charge in [-0.15, -0.1) is 6.58 Å². The first-order valence-electron chi connectivity index (χ1n) is 8.34. The van der Waals surface area contributed by atoms with Crippen LogP contribution in [0.15, 0.2) is 60.2 Å². The molecular formula is C20H23N3O4. The van der Waals surface area contributed by atoms with Crippen LogP contribution >= 0.6 is 0 Å². The number of rotatable bonds is 10. The summed E-state index contributed by atoms with van der Waals surface area (Å²) in [5.41, 5.74) is 8.97. The van der Waals surface area contributed by atoms with Gasteiger partial charge in [-0.25, -0.2) is 10.2 Å². The highest BCUT2D eigenvalue weighted by Crippen LogP contribution is 2.28. The van der Waals surface area contributed by atoms with E-state index < -0.39 is 6.03 Å². The molecule has 7 nitrogen and oxygen atoms in total. The molecule has 0 heterocycles. The molecular weight excluding hydrogens is 346 g/mol. The highest BCUT2D eigenvalue weighted by atomic mass is 16.5. The van der Waals surface area contributed by atoms with Crippen molar-refractivity contribution in [1.29, 1.82) is 0 Å². The lowest BCUT2D eigenvalue weighted by Crippen LogP contribution is -2.24. The Kier molecular flexibility index (Phi) is 7.71. The number of hydrogen-bond donors (Lipinski definition) is 2. The number of carbonyl (C=O) groups is 1. The minimum atomic E-state index is -0.710. The van der Waals surface area contributed by atoms with E-state index >= 15 is 0 Å². The van der Waals surface area contributed by atoms with E-state index in [2.05, 4.69) is 17.1 Å². The van der Waals surface area contributed by atoms with Crippen LogP contribution in [0.25, 0.3) is 0 Å². The number of allylic oxidation sites excluding steroid dienone is 1. The van der Waals surface area contributed by atoms with Crippen LogP contribution in [0.3, 0.4) is 0 Å². The molecule has 0 unspecified atom stereocenters. The third-order valence-corrected chi connectivity index (χ3v) is 3.49. The van der Waals surface area contributed by atoms with Gasteiger partial charge >= 0.3 is 6.03 Å². The molecule has 0 bridgehead atoms. The van der Waals surface area contributed by atoms with Crippen molar-refractivity contribution in [3.05, 3.63) is 66.2 Å². The summed E-state index contributed by atoms with van der Waals surface area (Å²) >= 11 is 0. The van der Waals surface area contributed by atoms with Gasteiger partial charge in [-0.3, -0.25) is 0 Å². The summed E-state index contributed by atoms with van der Waals surface area (Å²) in [6.45, 7) is 4.49. The van der Waals surface area contributed by atoms with Crippen molar-refractivity contribution in [2.75, 3.05) is 20.3 Å². The zero-order valence-electron chi connectivity index (χ0n) is 15.2. The Morgan fingerprint density at radius 3 is 2.56 bits per heavy atom. The van der Waals surface area contributed by atoms with Gasteiger partial charge in [0.15, 0.2) is 11.5 Å². The minimum Gasteiger partial charge on any atom is -0.493 e. The second kappa shape index (κ2) is 10.5. The van der Waals surface area contributed by atoms with Gasteiger partial charge in [0.05, 0.1) is 13.3 Å². The quantitative estimate of drug-likeness (QED) is 0.291. The van der Waals surface area contributed by atoms with E-state index in [1.54, 1.807) is 19.2 Å². The Balaban J connectivity index is 1.80. The van der Waals surface area contributed by atoms with Crippen molar-refractivity contribution in [3.8, 4) is 17.2 Å². The highest BCUT2D eigenvalue weighted by molar-refractivity contribution is 5.81. The van der Waals surface area contributed by atoms with Crippen LogP contribution in [-0.2, 0) is 6.42 Å². The first kappa shape index (κ1) is 19.8. The molecule has 142 valence electrons. The smallest absolute Gasteiger partial charge is 0.332 e. The van der Waals surface area contributed by atoms with Gasteiger partial charge in [-0.05, 0) is 53.9 Å². The Hall–Kier alpha value is -3.48. The lowest BCUT2D eigenvalue weighted by molar-refractivity contribution is 0.211. The highest BCUT2D eigenvalue weighted by Gasteiger charge is 2.05. The van der Waals surface area contributed by atoms with E-state index in [4.69, 9.17) is 19.9 Å². The second-order valence-electron chi connectivity index (χ2n) is 5.48. The molecule has 2 amide bonds. The molecule has 7 heteroatoms. The zero-order chi connectivity index (χ0) is 19.5. The van der Waals surface area contributed by atoms with E-state index in [1.807, 2.05) is 36.4 Å². The molecule has 0 aliphatic rings. The summed E-state index contributed by atoms with van der Waals surface area (Å²) in [5, 5.41) is 3.69. The largest absolute Gasteiger partial charge is 0.493 e. The summed E-state index contributed by atoms with van der Waals surface area (Å²) in [4.78, 5) is 10.5.